The van der Waals surface area contributed by atoms with Gasteiger partial charge in [-0.2, -0.15) is 0 Å². The van der Waals surface area contributed by atoms with Crippen molar-refractivity contribution in [2.45, 2.75) is 64.1 Å². The van der Waals surface area contributed by atoms with Crippen molar-refractivity contribution in [3.63, 3.8) is 0 Å². The van der Waals surface area contributed by atoms with Crippen LogP contribution in [0.3, 0.4) is 0 Å². The Balaban J connectivity index is 1.74. The van der Waals surface area contributed by atoms with E-state index in [-0.39, 0.29) is 24.9 Å². The zero-order valence-electron chi connectivity index (χ0n) is 25.0. The van der Waals surface area contributed by atoms with Gasteiger partial charge < -0.3 is 15.0 Å². The summed E-state index contributed by atoms with van der Waals surface area (Å²) in [7, 11) is -3.90. The molecular weight excluding hydrogens is 621 g/mol. The molecular formula is C33H39Cl2N3O5S. The maximum absolute atomic E-state index is 14.3. The molecule has 0 aromatic heterocycles. The average Bonchev–Trinajstić information content (AvgIpc) is 3.00. The van der Waals surface area contributed by atoms with Gasteiger partial charge in [0.2, 0.25) is 21.8 Å². The highest BCUT2D eigenvalue weighted by Gasteiger charge is 2.34. The Labute approximate surface area is 270 Å². The minimum Gasteiger partial charge on any atom is -0.494 e. The predicted molar refractivity (Wildman–Crippen MR) is 176 cm³/mol. The summed E-state index contributed by atoms with van der Waals surface area (Å²) in [5.74, 6) is -0.294. The van der Waals surface area contributed by atoms with E-state index in [1.54, 1.807) is 42.5 Å². The molecule has 0 saturated heterocycles. The lowest BCUT2D eigenvalue weighted by Crippen LogP contribution is -2.55. The summed E-state index contributed by atoms with van der Waals surface area (Å²) in [5, 5.41) is 3.86. The minimum atomic E-state index is -3.90. The molecule has 3 aromatic rings. The Morgan fingerprint density at radius 1 is 0.932 bits per heavy atom. The number of nitrogens with one attached hydrogen (secondary N) is 1. The molecule has 0 bridgehead atoms. The third kappa shape index (κ3) is 9.13. The number of amides is 2. The average molecular weight is 661 g/mol. The first-order chi connectivity index (χ1) is 21.1. The van der Waals surface area contributed by atoms with E-state index in [1.807, 2.05) is 37.3 Å². The van der Waals surface area contributed by atoms with Gasteiger partial charge in [-0.15, -0.1) is 0 Å². The highest BCUT2D eigenvalue weighted by molar-refractivity contribution is 7.92. The number of sulfonamides is 1. The number of hydrogen-bond acceptors (Lipinski definition) is 5. The Hall–Kier alpha value is -3.27. The van der Waals surface area contributed by atoms with Crippen LogP contribution in [0.1, 0.15) is 50.2 Å². The fourth-order valence-corrected chi connectivity index (χ4v) is 6.81. The molecule has 1 saturated carbocycles. The van der Waals surface area contributed by atoms with Crippen LogP contribution < -0.4 is 14.4 Å². The van der Waals surface area contributed by atoms with Gasteiger partial charge in [0.05, 0.1) is 18.6 Å². The van der Waals surface area contributed by atoms with Crippen LogP contribution in [0.5, 0.6) is 5.75 Å². The van der Waals surface area contributed by atoms with Gasteiger partial charge >= 0.3 is 0 Å². The topological polar surface area (TPSA) is 96.0 Å². The third-order valence-electron chi connectivity index (χ3n) is 7.73. The van der Waals surface area contributed by atoms with Gasteiger partial charge in [0.1, 0.15) is 18.3 Å². The van der Waals surface area contributed by atoms with Crippen molar-refractivity contribution < 1.29 is 22.7 Å². The Morgan fingerprint density at radius 3 is 2.16 bits per heavy atom. The molecule has 44 heavy (non-hydrogen) atoms. The normalized spacial score (nSPS) is 14.5. The van der Waals surface area contributed by atoms with Crippen LogP contribution in [0.2, 0.25) is 10.0 Å². The Bertz CT molecular complexity index is 1490. The number of hydrogen-bond donors (Lipinski definition) is 1. The molecule has 0 heterocycles. The zero-order valence-corrected chi connectivity index (χ0v) is 27.4. The van der Waals surface area contributed by atoms with Crippen LogP contribution in [0, 0.1) is 0 Å². The standard InChI is InChI=1S/C33H39Cl2N3O5S/c1-3-43-27-19-17-26(18-20-27)38(44(2,41)42)23-32(39)37(22-28-29(34)15-10-16-30(28)35)31(21-24-11-6-4-7-12-24)33(40)36-25-13-8-5-9-14-25/h4,6-7,10-12,15-20,25,31H,3,5,8-9,13-14,21-23H2,1-2H3,(H,36,40). The molecule has 4 rings (SSSR count). The third-order valence-corrected chi connectivity index (χ3v) is 9.58. The largest absolute Gasteiger partial charge is 0.494 e. The number of anilines is 1. The van der Waals surface area contributed by atoms with E-state index in [2.05, 4.69) is 5.32 Å². The van der Waals surface area contributed by atoms with Gasteiger partial charge in [-0.25, -0.2) is 8.42 Å². The van der Waals surface area contributed by atoms with Gasteiger partial charge in [-0.3, -0.25) is 13.9 Å². The van der Waals surface area contributed by atoms with Gasteiger partial charge in [0, 0.05) is 34.6 Å². The molecule has 11 heteroatoms. The van der Waals surface area contributed by atoms with Gasteiger partial charge in [-0.05, 0) is 61.7 Å². The first-order valence-corrected chi connectivity index (χ1v) is 17.4. The van der Waals surface area contributed by atoms with Gasteiger partial charge in [-0.1, -0.05) is 78.9 Å². The van der Waals surface area contributed by atoms with E-state index in [0.717, 1.165) is 48.2 Å². The van der Waals surface area contributed by atoms with Crippen molar-refractivity contribution in [1.29, 1.82) is 0 Å². The highest BCUT2D eigenvalue weighted by Crippen LogP contribution is 2.29. The molecule has 1 unspecified atom stereocenters. The molecule has 1 N–H and O–H groups in total. The number of benzene rings is 3. The van der Waals surface area contributed by atoms with Crippen LogP contribution in [-0.4, -0.2) is 56.6 Å². The molecule has 1 aliphatic carbocycles. The van der Waals surface area contributed by atoms with Crippen molar-refractivity contribution in [1.82, 2.24) is 10.2 Å². The molecule has 0 aliphatic heterocycles. The first-order valence-electron chi connectivity index (χ1n) is 14.8. The van der Waals surface area contributed by atoms with Crippen LogP contribution in [-0.2, 0) is 32.6 Å². The molecule has 1 aliphatic rings. The Kier molecular flexibility index (Phi) is 11.9. The lowest BCUT2D eigenvalue weighted by atomic mass is 9.94. The number of ether oxygens (including phenoxy) is 1. The summed E-state index contributed by atoms with van der Waals surface area (Å²) in [6.07, 6.45) is 6.18. The fraction of sp³-hybridized carbons (Fsp3) is 0.394. The number of halogens is 2. The molecule has 0 radical (unpaired) electrons. The predicted octanol–water partition coefficient (Wildman–Crippen LogP) is 6.25. The molecule has 236 valence electrons. The summed E-state index contributed by atoms with van der Waals surface area (Å²) < 4.78 is 32.6. The smallest absolute Gasteiger partial charge is 0.244 e. The monoisotopic (exact) mass is 659 g/mol. The number of nitrogens with zero attached hydrogens (tertiary/aromatic N) is 2. The lowest BCUT2D eigenvalue weighted by Gasteiger charge is -2.35. The van der Waals surface area contributed by atoms with Crippen LogP contribution >= 0.6 is 23.2 Å². The quantitative estimate of drug-likeness (QED) is 0.234. The molecule has 0 spiro atoms. The lowest BCUT2D eigenvalue weighted by molar-refractivity contribution is -0.140. The van der Waals surface area contributed by atoms with Crippen molar-refractivity contribution in [2.24, 2.45) is 0 Å². The minimum absolute atomic E-state index is 0.00625. The van der Waals surface area contributed by atoms with Crippen molar-refractivity contribution in [3.05, 3.63) is 94.0 Å². The zero-order chi connectivity index (χ0) is 31.7. The molecule has 3 aromatic carbocycles. The Morgan fingerprint density at radius 2 is 1.57 bits per heavy atom. The summed E-state index contributed by atoms with van der Waals surface area (Å²) in [4.78, 5) is 29.8. The molecule has 2 amide bonds. The van der Waals surface area contributed by atoms with Crippen molar-refractivity contribution in [3.8, 4) is 5.75 Å². The summed E-state index contributed by atoms with van der Waals surface area (Å²) in [6, 6.07) is 20.0. The van der Waals surface area contributed by atoms with Gasteiger partial charge in [0.15, 0.2) is 0 Å². The molecule has 8 nitrogen and oxygen atoms in total. The molecule has 1 atom stereocenters. The van der Waals surface area contributed by atoms with Crippen LogP contribution in [0.4, 0.5) is 5.69 Å². The maximum atomic E-state index is 14.3. The summed E-state index contributed by atoms with van der Waals surface area (Å²) >= 11 is 13.1. The van der Waals surface area contributed by atoms with E-state index in [9.17, 15) is 18.0 Å². The highest BCUT2D eigenvalue weighted by atomic mass is 35.5. The number of carbonyl (C=O) groups is 2. The van der Waals surface area contributed by atoms with Crippen LogP contribution in [0.25, 0.3) is 0 Å². The van der Waals surface area contributed by atoms with E-state index >= 15 is 0 Å². The summed E-state index contributed by atoms with van der Waals surface area (Å²) in [6.45, 7) is 1.69. The first kappa shape index (κ1) is 33.6. The van der Waals surface area contributed by atoms with Crippen LogP contribution in [0.15, 0.2) is 72.8 Å². The van der Waals surface area contributed by atoms with Crippen molar-refractivity contribution >= 4 is 50.7 Å². The second-order valence-corrected chi connectivity index (χ2v) is 13.7. The fourth-order valence-electron chi connectivity index (χ4n) is 5.44. The second-order valence-electron chi connectivity index (χ2n) is 11.0. The van der Waals surface area contributed by atoms with E-state index in [0.29, 0.717) is 33.7 Å². The second kappa shape index (κ2) is 15.6. The van der Waals surface area contributed by atoms with E-state index in [4.69, 9.17) is 27.9 Å². The number of carbonyl (C=O) groups excluding carboxylic acids is 2. The van der Waals surface area contributed by atoms with Gasteiger partial charge in [0.25, 0.3) is 0 Å². The summed E-state index contributed by atoms with van der Waals surface area (Å²) in [5.41, 5.74) is 1.62. The van der Waals surface area contributed by atoms with Crippen molar-refractivity contribution in [2.75, 3.05) is 23.7 Å². The van der Waals surface area contributed by atoms with E-state index in [1.165, 1.54) is 4.90 Å². The SMILES string of the molecule is CCOc1ccc(N(CC(=O)N(Cc2c(Cl)cccc2Cl)C(Cc2ccccc2)C(=O)NC2CCCCC2)S(C)(=O)=O)cc1. The molecule has 1 fully saturated rings. The van der Waals surface area contributed by atoms with E-state index < -0.39 is 28.5 Å². The maximum Gasteiger partial charge on any atom is 0.244 e. The number of rotatable bonds is 13.